The third-order valence-electron chi connectivity index (χ3n) is 3.49. The number of rotatable bonds is 3. The molecule has 0 radical (unpaired) electrons. The van der Waals surface area contributed by atoms with Crippen LogP contribution in [0, 0.1) is 6.92 Å². The predicted molar refractivity (Wildman–Crippen MR) is 73.1 cm³/mol. The van der Waals surface area contributed by atoms with Crippen LogP contribution in [0.25, 0.3) is 0 Å². The van der Waals surface area contributed by atoms with Gasteiger partial charge in [0.25, 0.3) is 5.91 Å². The quantitative estimate of drug-likeness (QED) is 0.911. The zero-order chi connectivity index (χ0) is 13.9. The fraction of sp³-hybridized carbons (Fsp3) is 0.429. The van der Waals surface area contributed by atoms with Crippen LogP contribution < -0.4 is 5.32 Å². The highest BCUT2D eigenvalue weighted by atomic mass is 16.1. The average Bonchev–Trinajstić information content (AvgIpc) is 2.90. The molecule has 1 aliphatic rings. The summed E-state index contributed by atoms with van der Waals surface area (Å²) in [6.45, 7) is 3.18. The number of hydrogen-bond acceptors (Lipinski definition) is 4. The molecule has 0 unspecified atom stereocenters. The second-order valence-corrected chi connectivity index (χ2v) is 5.02. The molecule has 1 amide bonds. The van der Waals surface area contributed by atoms with Gasteiger partial charge in [0.05, 0.1) is 41.6 Å². The molecule has 0 atom stereocenters. The van der Waals surface area contributed by atoms with Crippen LogP contribution in [0.15, 0.2) is 18.6 Å². The Kier molecular flexibility index (Phi) is 3.45. The zero-order valence-electron chi connectivity index (χ0n) is 11.5. The maximum Gasteiger partial charge on any atom is 0.255 e. The molecule has 3 heterocycles. The molecule has 0 saturated carbocycles. The van der Waals surface area contributed by atoms with Crippen molar-refractivity contribution in [2.75, 3.05) is 0 Å². The SMILES string of the molecule is Cc1cnc(CNC(=O)c2cnn3c2CCCC3)cn1. The summed E-state index contributed by atoms with van der Waals surface area (Å²) in [4.78, 5) is 20.6. The molecule has 20 heavy (non-hydrogen) atoms. The average molecular weight is 271 g/mol. The van der Waals surface area contributed by atoms with Gasteiger partial charge < -0.3 is 5.32 Å². The van der Waals surface area contributed by atoms with Gasteiger partial charge in [0.15, 0.2) is 0 Å². The van der Waals surface area contributed by atoms with Crippen molar-refractivity contribution in [1.82, 2.24) is 25.1 Å². The number of carbonyl (C=O) groups excluding carboxylic acids is 1. The Morgan fingerprint density at radius 2 is 2.20 bits per heavy atom. The Hall–Kier alpha value is -2.24. The van der Waals surface area contributed by atoms with Crippen molar-refractivity contribution in [2.45, 2.75) is 39.3 Å². The van der Waals surface area contributed by atoms with E-state index in [1.54, 1.807) is 18.6 Å². The van der Waals surface area contributed by atoms with Gasteiger partial charge in [-0.2, -0.15) is 5.10 Å². The maximum absolute atomic E-state index is 12.2. The Labute approximate surface area is 117 Å². The lowest BCUT2D eigenvalue weighted by Gasteiger charge is -2.14. The molecule has 2 aromatic rings. The summed E-state index contributed by atoms with van der Waals surface area (Å²) in [5.41, 5.74) is 3.35. The number of carbonyl (C=O) groups is 1. The summed E-state index contributed by atoms with van der Waals surface area (Å²) in [5.74, 6) is -0.0875. The number of nitrogens with zero attached hydrogens (tertiary/aromatic N) is 4. The summed E-state index contributed by atoms with van der Waals surface area (Å²) in [6, 6.07) is 0. The number of hydrogen-bond donors (Lipinski definition) is 1. The summed E-state index contributed by atoms with van der Waals surface area (Å²) in [5, 5.41) is 7.15. The first-order valence-electron chi connectivity index (χ1n) is 6.84. The van der Waals surface area contributed by atoms with Gasteiger partial charge in [0.2, 0.25) is 0 Å². The van der Waals surface area contributed by atoms with Gasteiger partial charge in [-0.15, -0.1) is 0 Å². The van der Waals surface area contributed by atoms with Crippen LogP contribution in [0.2, 0.25) is 0 Å². The number of aryl methyl sites for hydroxylation is 2. The van der Waals surface area contributed by atoms with E-state index in [1.807, 2.05) is 11.6 Å². The van der Waals surface area contributed by atoms with E-state index < -0.39 is 0 Å². The minimum absolute atomic E-state index is 0.0875. The van der Waals surface area contributed by atoms with Crippen molar-refractivity contribution in [3.63, 3.8) is 0 Å². The molecule has 1 aliphatic heterocycles. The van der Waals surface area contributed by atoms with Gasteiger partial charge in [-0.1, -0.05) is 0 Å². The predicted octanol–water partition coefficient (Wildman–Crippen LogP) is 1.25. The first-order chi connectivity index (χ1) is 9.74. The number of amides is 1. The second-order valence-electron chi connectivity index (χ2n) is 5.02. The van der Waals surface area contributed by atoms with Crippen molar-refractivity contribution >= 4 is 5.91 Å². The van der Waals surface area contributed by atoms with Gasteiger partial charge in [0.1, 0.15) is 0 Å². The van der Waals surface area contributed by atoms with E-state index in [-0.39, 0.29) is 5.91 Å². The van der Waals surface area contributed by atoms with E-state index >= 15 is 0 Å². The maximum atomic E-state index is 12.2. The largest absolute Gasteiger partial charge is 0.346 e. The summed E-state index contributed by atoms with van der Waals surface area (Å²) in [7, 11) is 0. The van der Waals surface area contributed by atoms with Gasteiger partial charge in [-0.05, 0) is 26.2 Å². The highest BCUT2D eigenvalue weighted by Crippen LogP contribution is 2.17. The minimum Gasteiger partial charge on any atom is -0.346 e. The smallest absolute Gasteiger partial charge is 0.255 e. The van der Waals surface area contributed by atoms with E-state index in [0.717, 1.165) is 42.9 Å². The van der Waals surface area contributed by atoms with Gasteiger partial charge >= 0.3 is 0 Å². The molecule has 6 nitrogen and oxygen atoms in total. The van der Waals surface area contributed by atoms with Gasteiger partial charge in [-0.25, -0.2) is 0 Å². The normalized spacial score (nSPS) is 13.8. The van der Waals surface area contributed by atoms with Gasteiger partial charge in [-0.3, -0.25) is 19.4 Å². The lowest BCUT2D eigenvalue weighted by molar-refractivity contribution is 0.0949. The van der Waals surface area contributed by atoms with Crippen LogP contribution in [-0.2, 0) is 19.5 Å². The molecular formula is C14H17N5O. The Balaban J connectivity index is 1.67. The lowest BCUT2D eigenvalue weighted by atomic mass is 10.1. The molecular weight excluding hydrogens is 254 g/mol. The molecule has 0 bridgehead atoms. The van der Waals surface area contributed by atoms with Crippen molar-refractivity contribution in [3.05, 3.63) is 41.2 Å². The minimum atomic E-state index is -0.0875. The molecule has 3 rings (SSSR count). The fourth-order valence-corrected chi connectivity index (χ4v) is 2.39. The third kappa shape index (κ3) is 2.54. The molecule has 0 aliphatic carbocycles. The van der Waals surface area contributed by atoms with E-state index in [4.69, 9.17) is 0 Å². The molecule has 0 saturated heterocycles. The van der Waals surface area contributed by atoms with E-state index in [0.29, 0.717) is 12.1 Å². The summed E-state index contributed by atoms with van der Waals surface area (Å²) >= 11 is 0. The first-order valence-corrected chi connectivity index (χ1v) is 6.84. The van der Waals surface area contributed by atoms with Crippen LogP contribution >= 0.6 is 0 Å². The fourth-order valence-electron chi connectivity index (χ4n) is 2.39. The highest BCUT2D eigenvalue weighted by Gasteiger charge is 2.19. The Morgan fingerprint density at radius 1 is 1.30 bits per heavy atom. The molecule has 0 spiro atoms. The van der Waals surface area contributed by atoms with Crippen LogP contribution in [0.4, 0.5) is 0 Å². The van der Waals surface area contributed by atoms with Crippen LogP contribution in [0.3, 0.4) is 0 Å². The molecule has 2 aromatic heterocycles. The van der Waals surface area contributed by atoms with E-state index in [1.165, 1.54) is 0 Å². The monoisotopic (exact) mass is 271 g/mol. The van der Waals surface area contributed by atoms with Crippen molar-refractivity contribution in [3.8, 4) is 0 Å². The Morgan fingerprint density at radius 3 is 3.00 bits per heavy atom. The number of nitrogens with one attached hydrogen (secondary N) is 1. The topological polar surface area (TPSA) is 72.7 Å². The molecule has 0 aromatic carbocycles. The molecule has 6 heteroatoms. The lowest BCUT2D eigenvalue weighted by Crippen LogP contribution is -2.25. The molecule has 1 N–H and O–H groups in total. The zero-order valence-corrected chi connectivity index (χ0v) is 11.5. The highest BCUT2D eigenvalue weighted by molar-refractivity contribution is 5.95. The Bertz CT molecular complexity index is 617. The van der Waals surface area contributed by atoms with Gasteiger partial charge in [0, 0.05) is 12.7 Å². The van der Waals surface area contributed by atoms with Crippen molar-refractivity contribution < 1.29 is 4.79 Å². The summed E-state index contributed by atoms with van der Waals surface area (Å²) in [6.07, 6.45) is 8.22. The van der Waals surface area contributed by atoms with Crippen LogP contribution in [-0.4, -0.2) is 25.7 Å². The van der Waals surface area contributed by atoms with E-state index in [2.05, 4.69) is 20.4 Å². The van der Waals surface area contributed by atoms with Crippen molar-refractivity contribution in [2.24, 2.45) is 0 Å². The van der Waals surface area contributed by atoms with Crippen LogP contribution in [0.5, 0.6) is 0 Å². The summed E-state index contributed by atoms with van der Waals surface area (Å²) < 4.78 is 1.93. The van der Waals surface area contributed by atoms with Crippen molar-refractivity contribution in [1.29, 1.82) is 0 Å². The third-order valence-corrected chi connectivity index (χ3v) is 3.49. The number of aromatic nitrogens is 4. The van der Waals surface area contributed by atoms with Crippen LogP contribution in [0.1, 0.15) is 40.3 Å². The number of fused-ring (bicyclic) bond motifs is 1. The standard InChI is InChI=1S/C14H17N5O/c1-10-6-16-11(7-15-10)8-17-14(20)12-9-18-19-5-3-2-4-13(12)19/h6-7,9H,2-5,8H2,1H3,(H,17,20). The molecule has 0 fully saturated rings. The van der Waals surface area contributed by atoms with E-state index in [9.17, 15) is 4.79 Å². The first kappa shape index (κ1) is 12.8. The molecule has 104 valence electrons. The second kappa shape index (κ2) is 5.40.